The maximum Gasteiger partial charge on any atom is 0.250 e. The van der Waals surface area contributed by atoms with Crippen LogP contribution >= 0.6 is 0 Å². The lowest BCUT2D eigenvalue weighted by Gasteiger charge is -2.33. The number of aromatic nitrogens is 1. The first kappa shape index (κ1) is 12.8. The predicted molar refractivity (Wildman–Crippen MR) is 69.2 cm³/mol. The second-order valence-corrected chi connectivity index (χ2v) is 4.51. The van der Waals surface area contributed by atoms with Crippen molar-refractivity contribution in [3.8, 4) is 6.07 Å². The number of piperazine rings is 1. The SMILES string of the molecule is N#CCN1CCN(CCn2ccccc2=O)CC1. The third kappa shape index (κ3) is 3.42. The number of hydrogen-bond donors (Lipinski definition) is 0. The van der Waals surface area contributed by atoms with Gasteiger partial charge in [0.2, 0.25) is 0 Å². The van der Waals surface area contributed by atoms with E-state index in [-0.39, 0.29) is 5.56 Å². The molecule has 0 N–H and O–H groups in total. The molecule has 5 nitrogen and oxygen atoms in total. The average Bonchev–Trinajstić information content (AvgIpc) is 2.40. The summed E-state index contributed by atoms with van der Waals surface area (Å²) in [6.45, 7) is 5.98. The Morgan fingerprint density at radius 3 is 2.50 bits per heavy atom. The quantitative estimate of drug-likeness (QED) is 0.701. The monoisotopic (exact) mass is 246 g/mol. The van der Waals surface area contributed by atoms with Crippen LogP contribution in [0.4, 0.5) is 0 Å². The first-order chi connectivity index (χ1) is 8.79. The zero-order valence-electron chi connectivity index (χ0n) is 10.5. The van der Waals surface area contributed by atoms with Crippen LogP contribution in [0.5, 0.6) is 0 Å². The summed E-state index contributed by atoms with van der Waals surface area (Å²) in [4.78, 5) is 16.0. The summed E-state index contributed by atoms with van der Waals surface area (Å²) < 4.78 is 1.74. The molecule has 1 aliphatic heterocycles. The van der Waals surface area contributed by atoms with Gasteiger partial charge in [0, 0.05) is 51.5 Å². The Morgan fingerprint density at radius 2 is 1.83 bits per heavy atom. The molecule has 1 aromatic rings. The van der Waals surface area contributed by atoms with E-state index in [0.29, 0.717) is 6.54 Å². The highest BCUT2D eigenvalue weighted by Gasteiger charge is 2.15. The summed E-state index contributed by atoms with van der Waals surface area (Å²) in [7, 11) is 0. The normalized spacial score (nSPS) is 17.5. The molecule has 0 atom stereocenters. The van der Waals surface area contributed by atoms with Gasteiger partial charge in [-0.05, 0) is 6.07 Å². The third-order valence-corrected chi connectivity index (χ3v) is 3.32. The van der Waals surface area contributed by atoms with Gasteiger partial charge in [-0.25, -0.2) is 0 Å². The van der Waals surface area contributed by atoms with Crippen molar-refractivity contribution in [1.82, 2.24) is 14.4 Å². The molecule has 96 valence electrons. The molecule has 0 bridgehead atoms. The van der Waals surface area contributed by atoms with Crippen molar-refractivity contribution in [1.29, 1.82) is 5.26 Å². The van der Waals surface area contributed by atoms with E-state index in [2.05, 4.69) is 15.9 Å². The van der Waals surface area contributed by atoms with Crippen molar-refractivity contribution >= 4 is 0 Å². The molecule has 1 aliphatic rings. The number of pyridine rings is 1. The molecular weight excluding hydrogens is 228 g/mol. The molecule has 0 spiro atoms. The molecule has 0 amide bonds. The lowest BCUT2D eigenvalue weighted by molar-refractivity contribution is 0.140. The van der Waals surface area contributed by atoms with E-state index in [9.17, 15) is 4.79 Å². The van der Waals surface area contributed by atoms with Crippen molar-refractivity contribution < 1.29 is 0 Å². The topological polar surface area (TPSA) is 52.3 Å². The van der Waals surface area contributed by atoms with E-state index in [1.54, 1.807) is 16.7 Å². The maximum absolute atomic E-state index is 11.5. The highest BCUT2D eigenvalue weighted by molar-refractivity contribution is 4.93. The van der Waals surface area contributed by atoms with Crippen LogP contribution in [0.3, 0.4) is 0 Å². The van der Waals surface area contributed by atoms with E-state index >= 15 is 0 Å². The minimum atomic E-state index is 0.0561. The zero-order valence-corrected chi connectivity index (χ0v) is 10.5. The van der Waals surface area contributed by atoms with Crippen LogP contribution in [0.15, 0.2) is 29.2 Å². The molecule has 1 fully saturated rings. The molecule has 0 radical (unpaired) electrons. The lowest BCUT2D eigenvalue weighted by Crippen LogP contribution is -2.47. The fraction of sp³-hybridized carbons (Fsp3) is 0.538. The van der Waals surface area contributed by atoms with Crippen LogP contribution < -0.4 is 5.56 Å². The number of hydrogen-bond acceptors (Lipinski definition) is 4. The molecule has 2 rings (SSSR count). The molecule has 2 heterocycles. The van der Waals surface area contributed by atoms with Crippen LogP contribution in [0.1, 0.15) is 0 Å². The first-order valence-corrected chi connectivity index (χ1v) is 6.27. The second kappa shape index (κ2) is 6.34. The van der Waals surface area contributed by atoms with Crippen LogP contribution in [0, 0.1) is 11.3 Å². The number of nitrogens with zero attached hydrogens (tertiary/aromatic N) is 4. The van der Waals surface area contributed by atoms with E-state index < -0.39 is 0 Å². The predicted octanol–water partition coefficient (Wildman–Crippen LogP) is -0.0105. The van der Waals surface area contributed by atoms with Crippen molar-refractivity contribution in [3.05, 3.63) is 34.7 Å². The molecule has 5 heteroatoms. The lowest BCUT2D eigenvalue weighted by atomic mass is 10.3. The first-order valence-electron chi connectivity index (χ1n) is 6.27. The average molecular weight is 246 g/mol. The van der Waals surface area contributed by atoms with Gasteiger partial charge < -0.3 is 4.57 Å². The molecule has 0 saturated carbocycles. The smallest absolute Gasteiger partial charge is 0.250 e. The van der Waals surface area contributed by atoms with Gasteiger partial charge >= 0.3 is 0 Å². The summed E-state index contributed by atoms with van der Waals surface area (Å²) >= 11 is 0. The molecule has 1 aromatic heterocycles. The summed E-state index contributed by atoms with van der Waals surface area (Å²) in [5.41, 5.74) is 0.0561. The number of rotatable bonds is 4. The Kier molecular flexibility index (Phi) is 4.51. The molecular formula is C13H18N4O. The zero-order chi connectivity index (χ0) is 12.8. The van der Waals surface area contributed by atoms with Crippen LogP contribution in [-0.2, 0) is 6.54 Å². The van der Waals surface area contributed by atoms with Gasteiger partial charge in [0.05, 0.1) is 12.6 Å². The van der Waals surface area contributed by atoms with Gasteiger partial charge in [-0.2, -0.15) is 5.26 Å². The van der Waals surface area contributed by atoms with E-state index in [1.807, 2.05) is 12.3 Å². The molecule has 0 aliphatic carbocycles. The largest absolute Gasteiger partial charge is 0.314 e. The molecule has 0 unspecified atom stereocenters. The third-order valence-electron chi connectivity index (χ3n) is 3.32. The Labute approximate surface area is 107 Å². The van der Waals surface area contributed by atoms with Crippen molar-refractivity contribution in [2.45, 2.75) is 6.54 Å². The van der Waals surface area contributed by atoms with Crippen molar-refractivity contribution in [3.63, 3.8) is 0 Å². The van der Waals surface area contributed by atoms with Gasteiger partial charge in [0.1, 0.15) is 0 Å². The molecule has 1 saturated heterocycles. The van der Waals surface area contributed by atoms with Gasteiger partial charge in [-0.1, -0.05) is 6.07 Å². The molecule has 18 heavy (non-hydrogen) atoms. The maximum atomic E-state index is 11.5. The fourth-order valence-corrected chi connectivity index (χ4v) is 2.17. The standard InChI is InChI=1S/C13H18N4O/c14-4-6-15-7-9-16(10-8-15)11-12-17-5-2-1-3-13(17)18/h1-3,5H,6-12H2. The van der Waals surface area contributed by atoms with Crippen LogP contribution in [0.2, 0.25) is 0 Å². The molecule has 0 aromatic carbocycles. The minimum absolute atomic E-state index is 0.0561. The van der Waals surface area contributed by atoms with Gasteiger partial charge in [0.25, 0.3) is 5.56 Å². The fourth-order valence-electron chi connectivity index (χ4n) is 2.17. The van der Waals surface area contributed by atoms with Crippen molar-refractivity contribution in [2.75, 3.05) is 39.3 Å². The number of nitriles is 1. The van der Waals surface area contributed by atoms with Gasteiger partial charge in [-0.3, -0.25) is 14.6 Å². The van der Waals surface area contributed by atoms with Crippen molar-refractivity contribution in [2.24, 2.45) is 0 Å². The Balaban J connectivity index is 1.78. The Hall–Kier alpha value is -1.64. The summed E-state index contributed by atoms with van der Waals surface area (Å²) in [5.74, 6) is 0. The van der Waals surface area contributed by atoms with E-state index in [1.165, 1.54) is 0 Å². The summed E-state index contributed by atoms with van der Waals surface area (Å²) in [6.07, 6.45) is 1.83. The Morgan fingerprint density at radius 1 is 1.11 bits per heavy atom. The highest BCUT2D eigenvalue weighted by atomic mass is 16.1. The van der Waals surface area contributed by atoms with E-state index in [4.69, 9.17) is 5.26 Å². The minimum Gasteiger partial charge on any atom is -0.314 e. The van der Waals surface area contributed by atoms with Gasteiger partial charge in [-0.15, -0.1) is 0 Å². The van der Waals surface area contributed by atoms with Gasteiger partial charge in [0.15, 0.2) is 0 Å². The van der Waals surface area contributed by atoms with Crippen LogP contribution in [0.25, 0.3) is 0 Å². The summed E-state index contributed by atoms with van der Waals surface area (Å²) in [6, 6.07) is 7.41. The second-order valence-electron chi connectivity index (χ2n) is 4.51. The van der Waals surface area contributed by atoms with Crippen LogP contribution in [-0.4, -0.2) is 53.6 Å². The highest BCUT2D eigenvalue weighted by Crippen LogP contribution is 2.00. The summed E-state index contributed by atoms with van der Waals surface area (Å²) in [5, 5.41) is 8.62. The Bertz CT molecular complexity index is 468. The van der Waals surface area contributed by atoms with E-state index in [0.717, 1.165) is 39.3 Å².